The van der Waals surface area contributed by atoms with Gasteiger partial charge in [0.1, 0.15) is 0 Å². The largest absolute Gasteiger partial charge is 0.326 e. The van der Waals surface area contributed by atoms with E-state index in [-0.39, 0.29) is 17.9 Å². The molecule has 1 fully saturated rings. The highest BCUT2D eigenvalue weighted by molar-refractivity contribution is 7.89. The molecule has 0 radical (unpaired) electrons. The van der Waals surface area contributed by atoms with Crippen LogP contribution in [0.1, 0.15) is 36.8 Å². The molecule has 3 rings (SSSR count). The van der Waals surface area contributed by atoms with E-state index in [9.17, 15) is 8.42 Å². The van der Waals surface area contributed by atoms with E-state index in [0.717, 1.165) is 11.1 Å². The zero-order valence-corrected chi connectivity index (χ0v) is 14.9. The summed E-state index contributed by atoms with van der Waals surface area (Å²) in [6, 6.07) is 17.0. The van der Waals surface area contributed by atoms with Crippen LogP contribution in [0.3, 0.4) is 0 Å². The lowest BCUT2D eigenvalue weighted by Crippen LogP contribution is -2.32. The summed E-state index contributed by atoms with van der Waals surface area (Å²) in [7, 11) is -3.53. The summed E-state index contributed by atoms with van der Waals surface area (Å²) in [4.78, 5) is 0.404. The summed E-state index contributed by atoms with van der Waals surface area (Å²) in [5.74, 6) is 0.185. The van der Waals surface area contributed by atoms with Gasteiger partial charge in [-0.3, -0.25) is 0 Å². The molecule has 1 aliphatic heterocycles. The zero-order valence-electron chi connectivity index (χ0n) is 14.1. The topological polar surface area (TPSA) is 63.4 Å². The highest BCUT2D eigenvalue weighted by atomic mass is 32.2. The fraction of sp³-hybridized carbons (Fsp3) is 0.368. The zero-order chi connectivity index (χ0) is 17.3. The average Bonchev–Trinajstić information content (AvgIpc) is 2.98. The van der Waals surface area contributed by atoms with Crippen LogP contribution in [0, 0.1) is 0 Å². The molecule has 0 aromatic heterocycles. The Labute approximate surface area is 144 Å². The van der Waals surface area contributed by atoms with Crippen molar-refractivity contribution in [3.05, 3.63) is 65.7 Å². The Kier molecular flexibility index (Phi) is 4.76. The molecular formula is C19H24N2O2S. The number of rotatable bonds is 4. The number of nitrogens with zero attached hydrogens (tertiary/aromatic N) is 1. The fourth-order valence-corrected chi connectivity index (χ4v) is 5.23. The lowest BCUT2D eigenvalue weighted by molar-refractivity contribution is 0.469. The Morgan fingerprint density at radius 3 is 2.29 bits per heavy atom. The van der Waals surface area contributed by atoms with Crippen LogP contribution in [0.25, 0.3) is 0 Å². The highest BCUT2D eigenvalue weighted by Crippen LogP contribution is 2.33. The Morgan fingerprint density at radius 2 is 1.62 bits per heavy atom. The maximum absolute atomic E-state index is 13.2. The van der Waals surface area contributed by atoms with Crippen molar-refractivity contribution in [3.8, 4) is 0 Å². The second-order valence-electron chi connectivity index (χ2n) is 6.70. The minimum absolute atomic E-state index is 0.0344. The molecule has 5 heteroatoms. The minimum Gasteiger partial charge on any atom is -0.326 e. The lowest BCUT2D eigenvalue weighted by Gasteiger charge is -2.20. The van der Waals surface area contributed by atoms with Gasteiger partial charge >= 0.3 is 0 Å². The SMILES string of the molecule is CC(C)c1ccccc1S(=O)(=O)N1C[C@@H](N)[C@H](c2ccccc2)C1. The molecule has 24 heavy (non-hydrogen) atoms. The molecule has 1 saturated heterocycles. The Morgan fingerprint density at radius 1 is 1.00 bits per heavy atom. The normalized spacial score (nSPS) is 22.2. The monoisotopic (exact) mass is 344 g/mol. The Bertz CT molecular complexity index is 803. The number of hydrogen-bond acceptors (Lipinski definition) is 3. The molecule has 2 atom stereocenters. The summed E-state index contributed by atoms with van der Waals surface area (Å²) in [6.45, 7) is 4.81. The van der Waals surface area contributed by atoms with Gasteiger partial charge in [-0.2, -0.15) is 4.31 Å². The molecule has 1 heterocycles. The van der Waals surface area contributed by atoms with E-state index in [4.69, 9.17) is 5.73 Å². The molecule has 0 amide bonds. The van der Waals surface area contributed by atoms with Gasteiger partial charge in [-0.05, 0) is 23.1 Å². The van der Waals surface area contributed by atoms with Crippen molar-refractivity contribution < 1.29 is 8.42 Å². The summed E-state index contributed by atoms with van der Waals surface area (Å²) in [5, 5.41) is 0. The number of nitrogens with two attached hydrogens (primary N) is 1. The third-order valence-electron chi connectivity index (χ3n) is 4.72. The van der Waals surface area contributed by atoms with Gasteiger partial charge in [0.2, 0.25) is 10.0 Å². The third-order valence-corrected chi connectivity index (χ3v) is 6.62. The van der Waals surface area contributed by atoms with E-state index in [1.807, 2.05) is 56.3 Å². The van der Waals surface area contributed by atoms with Gasteiger partial charge in [-0.25, -0.2) is 8.42 Å². The number of sulfonamides is 1. The average molecular weight is 344 g/mol. The summed E-state index contributed by atoms with van der Waals surface area (Å²) < 4.78 is 27.8. The molecule has 128 valence electrons. The summed E-state index contributed by atoms with van der Waals surface area (Å²) in [5.41, 5.74) is 8.22. The van der Waals surface area contributed by atoms with Gasteiger partial charge in [0.05, 0.1) is 4.90 Å². The van der Waals surface area contributed by atoms with Crippen LogP contribution in [0.2, 0.25) is 0 Å². The van der Waals surface area contributed by atoms with Crippen LogP contribution < -0.4 is 5.73 Å². The smallest absolute Gasteiger partial charge is 0.243 e. The van der Waals surface area contributed by atoms with Crippen molar-refractivity contribution in [2.24, 2.45) is 5.73 Å². The first-order valence-corrected chi connectivity index (χ1v) is 9.75. The van der Waals surface area contributed by atoms with Crippen LogP contribution in [0.4, 0.5) is 0 Å². The molecule has 0 aliphatic carbocycles. The van der Waals surface area contributed by atoms with Gasteiger partial charge in [-0.15, -0.1) is 0 Å². The first-order chi connectivity index (χ1) is 11.4. The minimum atomic E-state index is -3.53. The van der Waals surface area contributed by atoms with Crippen LogP contribution >= 0.6 is 0 Å². The maximum Gasteiger partial charge on any atom is 0.243 e. The molecule has 0 spiro atoms. The van der Waals surface area contributed by atoms with E-state index in [1.165, 1.54) is 4.31 Å². The van der Waals surface area contributed by atoms with E-state index in [1.54, 1.807) is 12.1 Å². The van der Waals surface area contributed by atoms with E-state index in [2.05, 4.69) is 0 Å². The van der Waals surface area contributed by atoms with Gasteiger partial charge in [0.15, 0.2) is 0 Å². The Balaban J connectivity index is 1.92. The van der Waals surface area contributed by atoms with Gasteiger partial charge in [0, 0.05) is 25.0 Å². The maximum atomic E-state index is 13.2. The predicted octanol–water partition coefficient (Wildman–Crippen LogP) is 2.93. The van der Waals surface area contributed by atoms with Crippen molar-refractivity contribution in [3.63, 3.8) is 0 Å². The van der Waals surface area contributed by atoms with Crippen LogP contribution in [-0.4, -0.2) is 31.9 Å². The van der Waals surface area contributed by atoms with Gasteiger partial charge in [0.25, 0.3) is 0 Å². The lowest BCUT2D eigenvalue weighted by atomic mass is 9.95. The van der Waals surface area contributed by atoms with Crippen molar-refractivity contribution in [2.75, 3.05) is 13.1 Å². The third kappa shape index (κ3) is 3.11. The standard InChI is InChI=1S/C19H24N2O2S/c1-14(2)16-10-6-7-11-19(16)24(22,23)21-12-17(18(20)13-21)15-8-4-3-5-9-15/h3-11,14,17-18H,12-13,20H2,1-2H3/t17-,18+/m0/s1. The highest BCUT2D eigenvalue weighted by Gasteiger charge is 2.39. The second kappa shape index (κ2) is 6.67. The number of hydrogen-bond donors (Lipinski definition) is 1. The molecule has 0 unspecified atom stereocenters. The Hall–Kier alpha value is -1.69. The predicted molar refractivity (Wildman–Crippen MR) is 96.4 cm³/mol. The van der Waals surface area contributed by atoms with Crippen LogP contribution in [-0.2, 0) is 10.0 Å². The van der Waals surface area contributed by atoms with Gasteiger partial charge in [-0.1, -0.05) is 62.4 Å². The van der Waals surface area contributed by atoms with Crippen molar-refractivity contribution in [1.29, 1.82) is 0 Å². The first-order valence-electron chi connectivity index (χ1n) is 8.31. The van der Waals surface area contributed by atoms with E-state index >= 15 is 0 Å². The molecule has 2 aromatic carbocycles. The van der Waals surface area contributed by atoms with Crippen molar-refractivity contribution >= 4 is 10.0 Å². The van der Waals surface area contributed by atoms with Crippen molar-refractivity contribution in [1.82, 2.24) is 4.31 Å². The van der Waals surface area contributed by atoms with Crippen LogP contribution in [0.15, 0.2) is 59.5 Å². The summed E-state index contributed by atoms with van der Waals surface area (Å²) in [6.07, 6.45) is 0. The quantitative estimate of drug-likeness (QED) is 0.927. The molecule has 1 aliphatic rings. The van der Waals surface area contributed by atoms with Crippen molar-refractivity contribution in [2.45, 2.75) is 36.6 Å². The molecule has 0 bridgehead atoms. The molecule has 2 N–H and O–H groups in total. The second-order valence-corrected chi connectivity index (χ2v) is 8.60. The fourth-order valence-electron chi connectivity index (χ4n) is 3.37. The number of benzene rings is 2. The molecular weight excluding hydrogens is 320 g/mol. The molecule has 0 saturated carbocycles. The molecule has 2 aromatic rings. The van der Waals surface area contributed by atoms with E-state index in [0.29, 0.717) is 18.0 Å². The van der Waals surface area contributed by atoms with Gasteiger partial charge < -0.3 is 5.73 Å². The first kappa shape index (κ1) is 17.1. The summed E-state index contributed by atoms with van der Waals surface area (Å²) >= 11 is 0. The molecule has 4 nitrogen and oxygen atoms in total. The van der Waals surface area contributed by atoms with Crippen LogP contribution in [0.5, 0.6) is 0 Å². The van der Waals surface area contributed by atoms with E-state index < -0.39 is 10.0 Å².